The Bertz CT molecular complexity index is 1410. The van der Waals surface area contributed by atoms with Crippen LogP contribution in [0.25, 0.3) is 0 Å². The third kappa shape index (κ3) is 3.95. The van der Waals surface area contributed by atoms with Crippen molar-refractivity contribution in [3.63, 3.8) is 0 Å². The molecule has 4 aliphatic rings. The third-order valence-electron chi connectivity index (χ3n) is 8.65. The zero-order chi connectivity index (χ0) is 28.1. The number of nitrogens with zero attached hydrogens (tertiary/aromatic N) is 1. The summed E-state index contributed by atoms with van der Waals surface area (Å²) in [7, 11) is 0. The van der Waals surface area contributed by atoms with E-state index in [1.54, 1.807) is 19.9 Å². The molecule has 3 aromatic carbocycles. The van der Waals surface area contributed by atoms with Crippen molar-refractivity contribution in [3.05, 3.63) is 101 Å². The van der Waals surface area contributed by atoms with E-state index in [0.29, 0.717) is 5.69 Å². The lowest BCUT2D eigenvalue weighted by Gasteiger charge is -2.45. The molecule has 7 nitrogen and oxygen atoms in total. The van der Waals surface area contributed by atoms with Gasteiger partial charge in [-0.25, -0.2) is 4.79 Å². The Kier molecular flexibility index (Phi) is 6.53. The molecule has 2 bridgehead atoms. The number of carbonyl (C=O) groups excluding carboxylic acids is 4. The fourth-order valence-corrected chi connectivity index (χ4v) is 7.01. The molecule has 1 heterocycles. The summed E-state index contributed by atoms with van der Waals surface area (Å²) >= 11 is 0. The Labute approximate surface area is 233 Å². The van der Waals surface area contributed by atoms with Gasteiger partial charge in [0.1, 0.15) is 6.04 Å². The van der Waals surface area contributed by atoms with Crippen LogP contribution >= 0.6 is 0 Å². The number of nitrogens with one attached hydrogen (secondary N) is 1. The number of aryl methyl sites for hydroxylation is 1. The molecule has 7 rings (SSSR count). The van der Waals surface area contributed by atoms with Gasteiger partial charge in [0.25, 0.3) is 5.91 Å². The van der Waals surface area contributed by atoms with Gasteiger partial charge in [-0.15, -0.1) is 0 Å². The Morgan fingerprint density at radius 2 is 1.27 bits per heavy atom. The van der Waals surface area contributed by atoms with Crippen LogP contribution in [0.15, 0.2) is 72.8 Å². The molecular weight excluding hydrogens is 504 g/mol. The van der Waals surface area contributed by atoms with E-state index in [9.17, 15) is 19.2 Å². The van der Waals surface area contributed by atoms with Crippen molar-refractivity contribution in [2.75, 3.05) is 11.9 Å². The van der Waals surface area contributed by atoms with Gasteiger partial charge in [-0.2, -0.15) is 0 Å². The topological polar surface area (TPSA) is 92.8 Å². The smallest absolute Gasteiger partial charge is 0.330 e. The highest BCUT2D eigenvalue weighted by Gasteiger charge is 2.63. The van der Waals surface area contributed by atoms with Crippen molar-refractivity contribution in [1.82, 2.24) is 4.90 Å². The van der Waals surface area contributed by atoms with E-state index in [2.05, 4.69) is 5.32 Å². The molecule has 1 saturated heterocycles. The first kappa shape index (κ1) is 26.0. The number of hydrogen-bond donors (Lipinski definition) is 1. The van der Waals surface area contributed by atoms with Gasteiger partial charge in [0, 0.05) is 17.5 Å². The monoisotopic (exact) mass is 536 g/mol. The highest BCUT2D eigenvalue weighted by Crippen LogP contribution is 2.61. The second-order valence-electron chi connectivity index (χ2n) is 11.2. The first-order valence-electron chi connectivity index (χ1n) is 13.9. The second kappa shape index (κ2) is 10.0. The summed E-state index contributed by atoms with van der Waals surface area (Å²) in [6, 6.07) is 22.4. The van der Waals surface area contributed by atoms with Crippen molar-refractivity contribution in [2.24, 2.45) is 17.8 Å². The highest BCUT2D eigenvalue weighted by molar-refractivity contribution is 6.10. The van der Waals surface area contributed by atoms with E-state index >= 15 is 0 Å². The normalized spacial score (nSPS) is 22.9. The zero-order valence-corrected chi connectivity index (χ0v) is 22.8. The Morgan fingerprint density at radius 3 is 1.75 bits per heavy atom. The molecule has 0 saturated carbocycles. The van der Waals surface area contributed by atoms with Gasteiger partial charge < -0.3 is 10.1 Å². The van der Waals surface area contributed by atoms with Crippen LogP contribution < -0.4 is 5.32 Å². The summed E-state index contributed by atoms with van der Waals surface area (Å²) in [6.07, 6.45) is 0.739. The molecule has 1 fully saturated rings. The molecule has 204 valence electrons. The van der Waals surface area contributed by atoms with Crippen LogP contribution in [0.5, 0.6) is 0 Å². The quantitative estimate of drug-likeness (QED) is 0.351. The number of para-hydroxylation sites is 1. The van der Waals surface area contributed by atoms with Crippen molar-refractivity contribution in [1.29, 1.82) is 0 Å². The maximum Gasteiger partial charge on any atom is 0.330 e. The molecule has 1 N–H and O–H groups in total. The standard InChI is InChI=1S/C33H32N2O5/c1-4-19-11-5-10-16-24(19)34-25(36)17-40-33(39)30(18(2)3)35-31(37)28-26-20-12-6-7-13-21(20)27(29(28)32(35)38)23-15-9-8-14-22(23)26/h5-16,18,26-30H,4,17H2,1-3H3,(H,34,36)/t26?,27?,28-,29-,30+/m1/s1. The summed E-state index contributed by atoms with van der Waals surface area (Å²) in [5.74, 6) is -3.97. The van der Waals surface area contributed by atoms with E-state index in [1.807, 2.05) is 73.7 Å². The summed E-state index contributed by atoms with van der Waals surface area (Å²) in [5, 5.41) is 2.79. The predicted molar refractivity (Wildman–Crippen MR) is 149 cm³/mol. The number of anilines is 1. The van der Waals surface area contributed by atoms with Gasteiger partial charge in [0.15, 0.2) is 6.61 Å². The van der Waals surface area contributed by atoms with Gasteiger partial charge in [-0.3, -0.25) is 19.3 Å². The van der Waals surface area contributed by atoms with E-state index in [1.165, 1.54) is 0 Å². The molecule has 3 amide bonds. The van der Waals surface area contributed by atoms with Crippen molar-refractivity contribution in [2.45, 2.75) is 45.1 Å². The minimum Gasteiger partial charge on any atom is -0.454 e. The molecule has 3 aliphatic carbocycles. The highest BCUT2D eigenvalue weighted by atomic mass is 16.5. The maximum atomic E-state index is 14.1. The van der Waals surface area contributed by atoms with Gasteiger partial charge in [0.2, 0.25) is 11.8 Å². The van der Waals surface area contributed by atoms with Gasteiger partial charge in [0.05, 0.1) is 11.8 Å². The lowest BCUT2D eigenvalue weighted by Crippen LogP contribution is -2.49. The Balaban J connectivity index is 1.26. The number of likely N-dealkylation sites (tertiary alicyclic amines) is 1. The van der Waals surface area contributed by atoms with Crippen LogP contribution in [0.3, 0.4) is 0 Å². The van der Waals surface area contributed by atoms with Crippen LogP contribution in [0.4, 0.5) is 5.69 Å². The number of carbonyl (C=O) groups is 4. The fraction of sp³-hybridized carbons (Fsp3) is 0.333. The maximum absolute atomic E-state index is 14.1. The number of rotatable bonds is 7. The SMILES string of the molecule is CCc1ccccc1NC(=O)COC(=O)[C@H](C(C)C)N1C(=O)[C@@H]2C3c4ccccc4C(c4ccccc43)[C@H]2C1=O. The molecule has 0 aromatic heterocycles. The van der Waals surface area contributed by atoms with E-state index in [4.69, 9.17) is 4.74 Å². The Hall–Kier alpha value is -4.26. The van der Waals surface area contributed by atoms with Crippen molar-refractivity contribution >= 4 is 29.4 Å². The first-order valence-corrected chi connectivity index (χ1v) is 13.9. The lowest BCUT2D eigenvalue weighted by molar-refractivity contribution is -0.162. The Morgan fingerprint density at radius 1 is 0.800 bits per heavy atom. The molecule has 3 aromatic rings. The summed E-state index contributed by atoms with van der Waals surface area (Å²) in [4.78, 5) is 55.4. The molecule has 0 spiro atoms. The summed E-state index contributed by atoms with van der Waals surface area (Å²) in [5.41, 5.74) is 5.92. The van der Waals surface area contributed by atoms with E-state index < -0.39 is 42.3 Å². The third-order valence-corrected chi connectivity index (χ3v) is 8.65. The minimum atomic E-state index is -1.12. The molecular formula is C33H32N2O5. The average molecular weight is 537 g/mol. The van der Waals surface area contributed by atoms with Crippen LogP contribution in [-0.2, 0) is 30.3 Å². The number of imide groups is 1. The minimum absolute atomic E-state index is 0.253. The van der Waals surface area contributed by atoms with Crippen molar-refractivity contribution in [3.8, 4) is 0 Å². The van der Waals surface area contributed by atoms with Crippen LogP contribution in [0.1, 0.15) is 60.4 Å². The fourth-order valence-electron chi connectivity index (χ4n) is 7.01. The van der Waals surface area contributed by atoms with Crippen LogP contribution in [0, 0.1) is 17.8 Å². The molecule has 0 unspecified atom stereocenters. The van der Waals surface area contributed by atoms with Crippen molar-refractivity contribution < 1.29 is 23.9 Å². The lowest BCUT2D eigenvalue weighted by atomic mass is 9.55. The number of benzene rings is 3. The summed E-state index contributed by atoms with van der Waals surface area (Å²) < 4.78 is 5.43. The number of amides is 3. The first-order chi connectivity index (χ1) is 19.3. The predicted octanol–water partition coefficient (Wildman–Crippen LogP) is 4.65. The van der Waals surface area contributed by atoms with Crippen LogP contribution in [-0.4, -0.2) is 41.2 Å². The molecule has 1 aliphatic heterocycles. The van der Waals surface area contributed by atoms with Crippen LogP contribution in [0.2, 0.25) is 0 Å². The van der Waals surface area contributed by atoms with E-state index in [0.717, 1.165) is 39.1 Å². The number of hydrogen-bond acceptors (Lipinski definition) is 5. The summed E-state index contributed by atoms with van der Waals surface area (Å²) in [6.45, 7) is 5.04. The second-order valence-corrected chi connectivity index (χ2v) is 11.2. The largest absolute Gasteiger partial charge is 0.454 e. The van der Waals surface area contributed by atoms with Gasteiger partial charge in [-0.05, 0) is 46.2 Å². The average Bonchev–Trinajstić information content (AvgIpc) is 3.22. The van der Waals surface area contributed by atoms with E-state index in [-0.39, 0.29) is 23.7 Å². The molecule has 3 atom stereocenters. The molecule has 0 radical (unpaired) electrons. The molecule has 7 heteroatoms. The van der Waals surface area contributed by atoms with Gasteiger partial charge in [-0.1, -0.05) is 87.5 Å². The number of esters is 1. The van der Waals surface area contributed by atoms with Gasteiger partial charge >= 0.3 is 5.97 Å². The zero-order valence-electron chi connectivity index (χ0n) is 22.8. The molecule has 40 heavy (non-hydrogen) atoms. The number of ether oxygens (including phenoxy) is 1.